The number of hydrogen-bond acceptors (Lipinski definition) is 6. The van der Waals surface area contributed by atoms with Crippen LogP contribution >= 0.6 is 0 Å². The molecular formula is C13H16N4O2. The quantitative estimate of drug-likeness (QED) is 0.909. The van der Waals surface area contributed by atoms with Gasteiger partial charge in [-0.05, 0) is 31.0 Å². The first-order valence-electron chi connectivity index (χ1n) is 5.86. The fourth-order valence-corrected chi connectivity index (χ4v) is 1.52. The fourth-order valence-electron chi connectivity index (χ4n) is 1.52. The Balaban J connectivity index is 2.34. The summed E-state index contributed by atoms with van der Waals surface area (Å²) in [6.07, 6.45) is 0. The van der Waals surface area contributed by atoms with Crippen molar-refractivity contribution in [2.75, 3.05) is 19.5 Å². The van der Waals surface area contributed by atoms with Gasteiger partial charge in [-0.1, -0.05) is 12.1 Å². The van der Waals surface area contributed by atoms with Crippen molar-refractivity contribution in [2.45, 2.75) is 13.8 Å². The lowest BCUT2D eigenvalue weighted by Crippen LogP contribution is -2.03. The molecule has 0 saturated carbocycles. The highest BCUT2D eigenvalue weighted by Crippen LogP contribution is 2.25. The molecule has 6 nitrogen and oxygen atoms in total. The van der Waals surface area contributed by atoms with Gasteiger partial charge < -0.3 is 14.8 Å². The highest BCUT2D eigenvalue weighted by molar-refractivity contribution is 5.40. The molecule has 0 fully saturated rings. The molecule has 1 aromatic heterocycles. The number of hydrogen-bond donors (Lipinski definition) is 1. The van der Waals surface area contributed by atoms with E-state index in [-0.39, 0.29) is 12.0 Å². The van der Waals surface area contributed by atoms with Crippen LogP contribution in [0.2, 0.25) is 0 Å². The molecule has 2 rings (SSSR count). The van der Waals surface area contributed by atoms with Crippen LogP contribution in [0.5, 0.6) is 17.8 Å². The maximum atomic E-state index is 5.69. The van der Waals surface area contributed by atoms with E-state index >= 15 is 0 Å². The van der Waals surface area contributed by atoms with Gasteiger partial charge in [-0.15, -0.1) is 4.98 Å². The van der Waals surface area contributed by atoms with Crippen molar-refractivity contribution in [1.29, 1.82) is 0 Å². The van der Waals surface area contributed by atoms with E-state index in [0.717, 1.165) is 16.9 Å². The molecule has 0 unspecified atom stereocenters. The van der Waals surface area contributed by atoms with Gasteiger partial charge >= 0.3 is 12.0 Å². The number of aromatic nitrogens is 3. The van der Waals surface area contributed by atoms with Gasteiger partial charge in [-0.25, -0.2) is 0 Å². The van der Waals surface area contributed by atoms with Crippen LogP contribution in [0.4, 0.5) is 5.95 Å². The van der Waals surface area contributed by atoms with E-state index in [2.05, 4.69) is 20.3 Å². The number of nitrogens with one attached hydrogen (secondary N) is 1. The lowest BCUT2D eigenvalue weighted by atomic mass is 10.1. The second-order valence-electron chi connectivity index (χ2n) is 3.98. The van der Waals surface area contributed by atoms with Crippen molar-refractivity contribution in [1.82, 2.24) is 15.0 Å². The Kier molecular flexibility index (Phi) is 3.79. The van der Waals surface area contributed by atoms with Crippen LogP contribution in [-0.2, 0) is 0 Å². The molecule has 0 spiro atoms. The molecule has 0 aliphatic heterocycles. The highest BCUT2D eigenvalue weighted by atomic mass is 16.5. The van der Waals surface area contributed by atoms with Gasteiger partial charge in [0.2, 0.25) is 5.95 Å². The van der Waals surface area contributed by atoms with Crippen molar-refractivity contribution in [3.05, 3.63) is 29.3 Å². The van der Waals surface area contributed by atoms with E-state index in [1.807, 2.05) is 32.0 Å². The first-order valence-corrected chi connectivity index (χ1v) is 5.86. The summed E-state index contributed by atoms with van der Waals surface area (Å²) in [5.41, 5.74) is 2.19. The molecule has 0 aliphatic carbocycles. The second-order valence-corrected chi connectivity index (χ2v) is 3.98. The van der Waals surface area contributed by atoms with E-state index in [0.29, 0.717) is 5.95 Å². The zero-order valence-corrected chi connectivity index (χ0v) is 11.4. The molecule has 1 N–H and O–H groups in total. The topological polar surface area (TPSA) is 69.2 Å². The average Bonchev–Trinajstić information content (AvgIpc) is 2.43. The number of nitrogens with zero attached hydrogens (tertiary/aromatic N) is 3. The number of anilines is 1. The predicted molar refractivity (Wildman–Crippen MR) is 71.9 cm³/mol. The van der Waals surface area contributed by atoms with Crippen molar-refractivity contribution in [3.8, 4) is 17.8 Å². The Hall–Kier alpha value is -2.37. The molecular weight excluding hydrogens is 244 g/mol. The van der Waals surface area contributed by atoms with Crippen LogP contribution in [0.3, 0.4) is 0 Å². The summed E-state index contributed by atoms with van der Waals surface area (Å²) in [7, 11) is 3.22. The second kappa shape index (κ2) is 5.51. The van der Waals surface area contributed by atoms with Gasteiger partial charge in [-0.3, -0.25) is 0 Å². The third-order valence-electron chi connectivity index (χ3n) is 2.76. The number of aryl methyl sites for hydroxylation is 1. The van der Waals surface area contributed by atoms with E-state index < -0.39 is 0 Å². The molecule has 0 bridgehead atoms. The Morgan fingerprint density at radius 2 is 1.79 bits per heavy atom. The van der Waals surface area contributed by atoms with E-state index in [4.69, 9.17) is 9.47 Å². The molecule has 0 amide bonds. The third kappa shape index (κ3) is 2.90. The summed E-state index contributed by atoms with van der Waals surface area (Å²) >= 11 is 0. The smallest absolute Gasteiger partial charge is 0.330 e. The molecule has 0 atom stereocenters. The fraction of sp³-hybridized carbons (Fsp3) is 0.308. The molecule has 1 aromatic carbocycles. The number of benzene rings is 1. The monoisotopic (exact) mass is 260 g/mol. The maximum absolute atomic E-state index is 5.69. The van der Waals surface area contributed by atoms with Crippen LogP contribution in [0.25, 0.3) is 0 Å². The Labute approximate surface area is 111 Å². The van der Waals surface area contributed by atoms with Crippen molar-refractivity contribution in [3.63, 3.8) is 0 Å². The average molecular weight is 260 g/mol. The summed E-state index contributed by atoms with van der Waals surface area (Å²) in [6, 6.07) is 6.23. The summed E-state index contributed by atoms with van der Waals surface area (Å²) in [5.74, 6) is 1.11. The van der Waals surface area contributed by atoms with Crippen LogP contribution in [-0.4, -0.2) is 29.1 Å². The van der Waals surface area contributed by atoms with Gasteiger partial charge in [0.25, 0.3) is 0 Å². The maximum Gasteiger partial charge on any atom is 0.330 e. The highest BCUT2D eigenvalue weighted by Gasteiger charge is 2.10. The normalized spacial score (nSPS) is 10.1. The minimum atomic E-state index is 0.199. The number of ether oxygens (including phenoxy) is 2. The Morgan fingerprint density at radius 3 is 2.47 bits per heavy atom. The molecule has 0 radical (unpaired) electrons. The lowest BCUT2D eigenvalue weighted by Gasteiger charge is -2.10. The summed E-state index contributed by atoms with van der Waals surface area (Å²) in [4.78, 5) is 12.2. The van der Waals surface area contributed by atoms with Crippen molar-refractivity contribution >= 4 is 5.95 Å². The van der Waals surface area contributed by atoms with Gasteiger partial charge in [0.1, 0.15) is 5.75 Å². The number of rotatable bonds is 4. The minimum absolute atomic E-state index is 0.199. The number of methoxy groups -OCH3 is 1. The molecule has 19 heavy (non-hydrogen) atoms. The first-order chi connectivity index (χ1) is 9.13. The zero-order valence-electron chi connectivity index (χ0n) is 11.4. The van der Waals surface area contributed by atoms with Gasteiger partial charge in [0.15, 0.2) is 0 Å². The van der Waals surface area contributed by atoms with Crippen molar-refractivity contribution in [2.24, 2.45) is 0 Å². The molecule has 2 aromatic rings. The lowest BCUT2D eigenvalue weighted by molar-refractivity contribution is 0.359. The van der Waals surface area contributed by atoms with E-state index in [1.165, 1.54) is 7.11 Å². The molecule has 0 aliphatic rings. The molecule has 6 heteroatoms. The summed E-state index contributed by atoms with van der Waals surface area (Å²) in [6.45, 7) is 4.01. The van der Waals surface area contributed by atoms with Crippen LogP contribution in [0.1, 0.15) is 11.1 Å². The van der Waals surface area contributed by atoms with Gasteiger partial charge in [-0.2, -0.15) is 9.97 Å². The summed E-state index contributed by atoms with van der Waals surface area (Å²) < 4.78 is 10.7. The Bertz CT molecular complexity index is 565. The summed E-state index contributed by atoms with van der Waals surface area (Å²) in [5, 5.41) is 2.83. The zero-order chi connectivity index (χ0) is 13.8. The van der Waals surface area contributed by atoms with Crippen LogP contribution in [0.15, 0.2) is 18.2 Å². The van der Waals surface area contributed by atoms with E-state index in [9.17, 15) is 0 Å². The molecule has 100 valence electrons. The van der Waals surface area contributed by atoms with Gasteiger partial charge in [0, 0.05) is 7.05 Å². The van der Waals surface area contributed by atoms with Gasteiger partial charge in [0.05, 0.1) is 7.11 Å². The SMILES string of the molecule is CNc1nc(OC)nc(Oc2cccc(C)c2C)n1. The third-order valence-corrected chi connectivity index (χ3v) is 2.76. The van der Waals surface area contributed by atoms with Crippen molar-refractivity contribution < 1.29 is 9.47 Å². The largest absolute Gasteiger partial charge is 0.467 e. The molecule has 0 saturated heterocycles. The molecule has 1 heterocycles. The first kappa shape index (κ1) is 13.1. The Morgan fingerprint density at radius 1 is 1.05 bits per heavy atom. The predicted octanol–water partition coefficient (Wildman–Crippen LogP) is 2.33. The van der Waals surface area contributed by atoms with E-state index in [1.54, 1.807) is 7.05 Å². The van der Waals surface area contributed by atoms with Crippen LogP contribution < -0.4 is 14.8 Å². The minimum Gasteiger partial charge on any atom is -0.467 e. The standard InChI is InChI=1S/C13H16N4O2/c1-8-6-5-7-10(9(8)2)19-13-16-11(14-3)15-12(17-13)18-4/h5-7H,1-4H3,(H,14,15,16,17). The van der Waals surface area contributed by atoms with Crippen LogP contribution in [0, 0.1) is 13.8 Å².